The van der Waals surface area contributed by atoms with E-state index in [1.54, 1.807) is 30.2 Å². The van der Waals surface area contributed by atoms with Crippen LogP contribution in [0.5, 0.6) is 0 Å². The van der Waals surface area contributed by atoms with E-state index in [2.05, 4.69) is 25.8 Å². The zero-order valence-corrected chi connectivity index (χ0v) is 10.7. The van der Waals surface area contributed by atoms with Gasteiger partial charge in [0.25, 0.3) is 0 Å². The van der Waals surface area contributed by atoms with Gasteiger partial charge >= 0.3 is 0 Å². The largest absolute Gasteiger partial charge is 0.383 e. The van der Waals surface area contributed by atoms with Crippen LogP contribution in [-0.2, 0) is 9.53 Å². The van der Waals surface area contributed by atoms with Crippen LogP contribution in [0.1, 0.15) is 6.42 Å². The molecule has 2 heterocycles. The number of fused-ring (bicyclic) bond motifs is 1. The predicted molar refractivity (Wildman–Crippen MR) is 68.8 cm³/mol. The molecular weight excluding hydrogens is 248 g/mol. The molecule has 2 N–H and O–H groups in total. The number of methoxy groups -OCH3 is 1. The zero-order chi connectivity index (χ0) is 13.5. The van der Waals surface area contributed by atoms with E-state index in [1.807, 2.05) is 0 Å². The highest BCUT2D eigenvalue weighted by atomic mass is 16.5. The second-order valence-corrected chi connectivity index (χ2v) is 3.86. The lowest BCUT2D eigenvalue weighted by atomic mass is 10.4. The monoisotopic (exact) mass is 264 g/mol. The van der Waals surface area contributed by atoms with Gasteiger partial charge in [-0.15, -0.1) is 10.2 Å². The lowest BCUT2D eigenvalue weighted by Gasteiger charge is -2.06. The van der Waals surface area contributed by atoms with Crippen molar-refractivity contribution in [2.45, 2.75) is 6.42 Å². The number of rotatable bonds is 7. The van der Waals surface area contributed by atoms with E-state index in [0.717, 1.165) is 0 Å². The van der Waals surface area contributed by atoms with E-state index in [0.29, 0.717) is 37.6 Å². The Bertz CT molecular complexity index is 541. The summed E-state index contributed by atoms with van der Waals surface area (Å²) < 4.78 is 6.60. The van der Waals surface area contributed by atoms with Gasteiger partial charge in [-0.1, -0.05) is 0 Å². The Morgan fingerprint density at radius 2 is 2.37 bits per heavy atom. The van der Waals surface area contributed by atoms with Gasteiger partial charge in [0.1, 0.15) is 6.33 Å². The minimum absolute atomic E-state index is 0.0297. The Morgan fingerprint density at radius 3 is 3.21 bits per heavy atom. The van der Waals surface area contributed by atoms with Gasteiger partial charge in [0.15, 0.2) is 5.82 Å². The van der Waals surface area contributed by atoms with Gasteiger partial charge in [-0.3, -0.25) is 9.20 Å². The van der Waals surface area contributed by atoms with Gasteiger partial charge in [0.05, 0.1) is 6.61 Å². The van der Waals surface area contributed by atoms with Gasteiger partial charge in [-0.2, -0.15) is 0 Å². The number of anilines is 1. The van der Waals surface area contributed by atoms with Gasteiger partial charge < -0.3 is 15.4 Å². The van der Waals surface area contributed by atoms with E-state index in [-0.39, 0.29) is 5.91 Å². The molecule has 0 bridgehead atoms. The Hall–Kier alpha value is -2.22. The highest BCUT2D eigenvalue weighted by molar-refractivity contribution is 5.76. The molecule has 0 spiro atoms. The molecule has 0 aliphatic heterocycles. The van der Waals surface area contributed by atoms with E-state index >= 15 is 0 Å². The first-order valence-corrected chi connectivity index (χ1v) is 5.95. The van der Waals surface area contributed by atoms with Gasteiger partial charge in [0.2, 0.25) is 11.6 Å². The van der Waals surface area contributed by atoms with Crippen LogP contribution in [0.4, 0.5) is 5.82 Å². The molecule has 0 fully saturated rings. The zero-order valence-electron chi connectivity index (χ0n) is 10.7. The van der Waals surface area contributed by atoms with Crippen molar-refractivity contribution in [3.05, 3.63) is 18.7 Å². The van der Waals surface area contributed by atoms with Crippen molar-refractivity contribution in [1.29, 1.82) is 0 Å². The maximum atomic E-state index is 11.5. The molecule has 102 valence electrons. The minimum Gasteiger partial charge on any atom is -0.383 e. The molecule has 0 aromatic carbocycles. The molecule has 2 aromatic rings. The van der Waals surface area contributed by atoms with Crippen molar-refractivity contribution in [3.8, 4) is 0 Å². The highest BCUT2D eigenvalue weighted by Crippen LogP contribution is 2.08. The summed E-state index contributed by atoms with van der Waals surface area (Å²) in [4.78, 5) is 15.6. The number of amides is 1. The van der Waals surface area contributed by atoms with E-state index in [9.17, 15) is 4.79 Å². The molecule has 2 rings (SSSR count). The van der Waals surface area contributed by atoms with Crippen LogP contribution < -0.4 is 10.6 Å². The van der Waals surface area contributed by atoms with Gasteiger partial charge in [-0.25, -0.2) is 4.98 Å². The quantitative estimate of drug-likeness (QED) is 0.666. The fraction of sp³-hybridized carbons (Fsp3) is 0.455. The smallest absolute Gasteiger partial charge is 0.221 e. The molecule has 0 atom stereocenters. The molecule has 0 aliphatic rings. The molecule has 0 saturated carbocycles. The van der Waals surface area contributed by atoms with E-state index < -0.39 is 0 Å². The fourth-order valence-corrected chi connectivity index (χ4v) is 1.56. The number of carbonyl (C=O) groups excluding carboxylic acids is 1. The molecular formula is C11H16N6O2. The molecule has 19 heavy (non-hydrogen) atoms. The lowest BCUT2D eigenvalue weighted by Crippen LogP contribution is -2.28. The number of hydrogen-bond donors (Lipinski definition) is 2. The second-order valence-electron chi connectivity index (χ2n) is 3.86. The second kappa shape index (κ2) is 6.64. The van der Waals surface area contributed by atoms with Crippen LogP contribution in [0.2, 0.25) is 0 Å². The van der Waals surface area contributed by atoms with Crippen molar-refractivity contribution in [1.82, 2.24) is 24.9 Å². The SMILES string of the molecule is COCCNC(=O)CCNc1nccn2cnnc12. The maximum absolute atomic E-state index is 11.5. The first-order chi connectivity index (χ1) is 9.31. The third-order valence-electron chi connectivity index (χ3n) is 2.49. The van der Waals surface area contributed by atoms with Crippen molar-refractivity contribution in [2.24, 2.45) is 0 Å². The first-order valence-electron chi connectivity index (χ1n) is 5.95. The highest BCUT2D eigenvalue weighted by Gasteiger charge is 2.05. The Labute approximate surface area is 110 Å². The number of nitrogens with one attached hydrogen (secondary N) is 2. The first kappa shape index (κ1) is 13.2. The molecule has 0 radical (unpaired) electrons. The number of ether oxygens (including phenoxy) is 1. The third-order valence-corrected chi connectivity index (χ3v) is 2.49. The van der Waals surface area contributed by atoms with Crippen LogP contribution in [0.25, 0.3) is 5.65 Å². The number of carbonyl (C=O) groups is 1. The van der Waals surface area contributed by atoms with Crippen molar-refractivity contribution >= 4 is 17.4 Å². The third kappa shape index (κ3) is 3.62. The molecule has 8 nitrogen and oxygen atoms in total. The van der Waals surface area contributed by atoms with Gasteiger partial charge in [-0.05, 0) is 0 Å². The standard InChI is InChI=1S/C11H16N6O2/c1-19-7-5-12-9(18)2-3-13-10-11-16-15-8-17(11)6-4-14-10/h4,6,8H,2-3,5,7H2,1H3,(H,12,18)(H,13,14). The van der Waals surface area contributed by atoms with E-state index in [4.69, 9.17) is 4.74 Å². The summed E-state index contributed by atoms with van der Waals surface area (Å²) in [5, 5.41) is 13.6. The lowest BCUT2D eigenvalue weighted by molar-refractivity contribution is -0.121. The molecule has 2 aromatic heterocycles. The van der Waals surface area contributed by atoms with Crippen molar-refractivity contribution < 1.29 is 9.53 Å². The Balaban J connectivity index is 1.79. The average molecular weight is 264 g/mol. The Morgan fingerprint density at radius 1 is 1.47 bits per heavy atom. The summed E-state index contributed by atoms with van der Waals surface area (Å²) in [6.45, 7) is 1.52. The molecule has 1 amide bonds. The molecule has 0 aliphatic carbocycles. The minimum atomic E-state index is -0.0297. The number of hydrogen-bond acceptors (Lipinski definition) is 6. The summed E-state index contributed by atoms with van der Waals surface area (Å²) in [7, 11) is 1.60. The summed E-state index contributed by atoms with van der Waals surface area (Å²) in [6, 6.07) is 0. The Kier molecular flexibility index (Phi) is 4.62. The topological polar surface area (TPSA) is 93.4 Å². The normalized spacial score (nSPS) is 10.6. The molecule has 0 unspecified atom stereocenters. The number of aromatic nitrogens is 4. The summed E-state index contributed by atoms with van der Waals surface area (Å²) >= 11 is 0. The van der Waals surface area contributed by atoms with Crippen LogP contribution >= 0.6 is 0 Å². The van der Waals surface area contributed by atoms with Crippen molar-refractivity contribution in [2.75, 3.05) is 32.1 Å². The summed E-state index contributed by atoms with van der Waals surface area (Å²) in [5.74, 6) is 0.586. The van der Waals surface area contributed by atoms with Crippen LogP contribution in [0, 0.1) is 0 Å². The van der Waals surface area contributed by atoms with Gasteiger partial charge in [0, 0.05) is 39.0 Å². The fourth-order valence-electron chi connectivity index (χ4n) is 1.56. The van der Waals surface area contributed by atoms with Crippen molar-refractivity contribution in [3.63, 3.8) is 0 Å². The molecule has 8 heteroatoms. The van der Waals surface area contributed by atoms with Crippen LogP contribution in [0.3, 0.4) is 0 Å². The average Bonchev–Trinajstić information content (AvgIpc) is 2.88. The predicted octanol–water partition coefficient (Wildman–Crippen LogP) is -0.311. The van der Waals surface area contributed by atoms with E-state index in [1.165, 1.54) is 0 Å². The summed E-state index contributed by atoms with van der Waals surface area (Å²) in [5.41, 5.74) is 0.641. The number of nitrogens with zero attached hydrogens (tertiary/aromatic N) is 4. The maximum Gasteiger partial charge on any atom is 0.221 e. The van der Waals surface area contributed by atoms with Crippen LogP contribution in [-0.4, -0.2) is 52.3 Å². The molecule has 0 saturated heterocycles. The van der Waals surface area contributed by atoms with Crippen LogP contribution in [0.15, 0.2) is 18.7 Å². The summed E-state index contributed by atoms with van der Waals surface area (Å²) in [6.07, 6.45) is 5.37.